The van der Waals surface area contributed by atoms with Gasteiger partial charge < -0.3 is 14.4 Å². The average Bonchev–Trinajstić information content (AvgIpc) is 2.25. The van der Waals surface area contributed by atoms with Gasteiger partial charge in [-0.3, -0.25) is 0 Å². The van der Waals surface area contributed by atoms with Gasteiger partial charge in [0.25, 0.3) is 0 Å². The first-order chi connectivity index (χ1) is 8.76. The van der Waals surface area contributed by atoms with Crippen molar-refractivity contribution in [3.63, 3.8) is 0 Å². The standard InChI is InChI=1S/C11H12N2O5S.Na/c1-6-4-11(14)18-10-3-7(2)9(5-8(6)10)12-13-19(15,16)17;/h3-5,12-13H,1-2H3,(H,15,16,17);/q;+1/p-1. The number of hydrogen-bond acceptors (Lipinski definition) is 6. The van der Waals surface area contributed by atoms with Crippen LogP contribution in [0.4, 0.5) is 5.69 Å². The zero-order valence-electron chi connectivity index (χ0n) is 11.2. The zero-order valence-corrected chi connectivity index (χ0v) is 14.0. The molecule has 0 saturated heterocycles. The molecule has 0 bridgehead atoms. The van der Waals surface area contributed by atoms with Crippen molar-refractivity contribution in [1.29, 1.82) is 0 Å². The van der Waals surface area contributed by atoms with E-state index in [0.29, 0.717) is 27.8 Å². The fraction of sp³-hybridized carbons (Fsp3) is 0.182. The molecule has 0 spiro atoms. The molecular formula is C11H11N2NaO5S. The van der Waals surface area contributed by atoms with E-state index in [1.54, 1.807) is 30.8 Å². The Morgan fingerprint density at radius 1 is 1.15 bits per heavy atom. The molecule has 1 aromatic heterocycles. The zero-order chi connectivity index (χ0) is 14.2. The molecule has 0 fully saturated rings. The van der Waals surface area contributed by atoms with Gasteiger partial charge in [-0.25, -0.2) is 13.2 Å². The fourth-order valence-corrected chi connectivity index (χ4v) is 1.95. The Hall–Kier alpha value is -0.900. The molecule has 0 aliphatic rings. The Bertz CT molecular complexity index is 800. The van der Waals surface area contributed by atoms with Gasteiger partial charge in [0, 0.05) is 11.5 Å². The van der Waals surface area contributed by atoms with Crippen molar-refractivity contribution in [2.45, 2.75) is 13.8 Å². The SMILES string of the molecule is Cc1cc2oc(=O)cc(C)c2cc1NNS(=O)(=O)[O-].[Na+]. The predicted molar refractivity (Wildman–Crippen MR) is 68.4 cm³/mol. The second-order valence-electron chi connectivity index (χ2n) is 4.09. The summed E-state index contributed by atoms with van der Waals surface area (Å²) in [7, 11) is -4.59. The van der Waals surface area contributed by atoms with E-state index in [1.807, 2.05) is 0 Å². The Labute approximate surface area is 137 Å². The summed E-state index contributed by atoms with van der Waals surface area (Å²) in [6.45, 7) is 3.42. The van der Waals surface area contributed by atoms with Gasteiger partial charge >= 0.3 is 35.2 Å². The Balaban J connectivity index is 0.00000200. The number of fused-ring (bicyclic) bond motifs is 1. The van der Waals surface area contributed by atoms with Crippen LogP contribution < -0.4 is 45.4 Å². The van der Waals surface area contributed by atoms with E-state index in [2.05, 4.69) is 5.43 Å². The van der Waals surface area contributed by atoms with Gasteiger partial charge in [-0.05, 0) is 37.1 Å². The summed E-state index contributed by atoms with van der Waals surface area (Å²) in [6.07, 6.45) is 0. The van der Waals surface area contributed by atoms with Crippen molar-refractivity contribution in [3.05, 3.63) is 39.7 Å². The first kappa shape index (κ1) is 17.2. The van der Waals surface area contributed by atoms with Crippen LogP contribution in [-0.2, 0) is 10.3 Å². The largest absolute Gasteiger partial charge is 1.00 e. The van der Waals surface area contributed by atoms with Crippen LogP contribution in [0.2, 0.25) is 0 Å². The molecule has 2 N–H and O–H groups in total. The van der Waals surface area contributed by atoms with Gasteiger partial charge in [-0.15, -0.1) is 4.83 Å². The average molecular weight is 306 g/mol. The van der Waals surface area contributed by atoms with E-state index in [1.165, 1.54) is 6.07 Å². The second-order valence-corrected chi connectivity index (χ2v) is 5.21. The van der Waals surface area contributed by atoms with Crippen molar-refractivity contribution < 1.29 is 46.9 Å². The normalized spacial score (nSPS) is 11.2. The van der Waals surface area contributed by atoms with Crippen LogP contribution in [0, 0.1) is 13.8 Å². The molecule has 2 rings (SSSR count). The molecule has 20 heavy (non-hydrogen) atoms. The summed E-state index contributed by atoms with van der Waals surface area (Å²) >= 11 is 0. The van der Waals surface area contributed by atoms with Gasteiger partial charge in [0.05, 0.1) is 5.69 Å². The van der Waals surface area contributed by atoms with Crippen LogP contribution in [0.25, 0.3) is 11.0 Å². The summed E-state index contributed by atoms with van der Waals surface area (Å²) in [4.78, 5) is 12.9. The molecule has 0 aliphatic heterocycles. The monoisotopic (exact) mass is 306 g/mol. The van der Waals surface area contributed by atoms with E-state index < -0.39 is 15.9 Å². The van der Waals surface area contributed by atoms with E-state index in [9.17, 15) is 17.8 Å². The van der Waals surface area contributed by atoms with Gasteiger partial charge in [0.2, 0.25) is 0 Å². The fourth-order valence-electron chi connectivity index (χ4n) is 1.72. The third kappa shape index (κ3) is 4.05. The molecule has 1 aromatic carbocycles. The van der Waals surface area contributed by atoms with E-state index in [-0.39, 0.29) is 29.6 Å². The molecule has 0 unspecified atom stereocenters. The Morgan fingerprint density at radius 2 is 1.80 bits per heavy atom. The maximum atomic E-state index is 11.2. The summed E-state index contributed by atoms with van der Waals surface area (Å²) in [6, 6.07) is 4.52. The topological polar surface area (TPSA) is 111 Å². The van der Waals surface area contributed by atoms with Crippen LogP contribution >= 0.6 is 0 Å². The van der Waals surface area contributed by atoms with Crippen molar-refractivity contribution in [3.8, 4) is 0 Å². The van der Waals surface area contributed by atoms with Crippen molar-refractivity contribution in [1.82, 2.24) is 4.83 Å². The molecule has 0 radical (unpaired) electrons. The third-order valence-corrected chi connectivity index (χ3v) is 2.96. The summed E-state index contributed by atoms with van der Waals surface area (Å²) in [5.41, 5.74) is 3.99. The van der Waals surface area contributed by atoms with Gasteiger partial charge in [-0.2, -0.15) is 0 Å². The summed E-state index contributed by atoms with van der Waals surface area (Å²) < 4.78 is 36.5. The molecule has 2 aromatic rings. The minimum atomic E-state index is -4.59. The molecule has 0 aliphatic carbocycles. The molecule has 102 valence electrons. The van der Waals surface area contributed by atoms with Crippen LogP contribution in [0.5, 0.6) is 0 Å². The van der Waals surface area contributed by atoms with Gasteiger partial charge in [0.1, 0.15) is 5.58 Å². The van der Waals surface area contributed by atoms with Crippen LogP contribution in [-0.4, -0.2) is 13.0 Å². The van der Waals surface area contributed by atoms with E-state index in [4.69, 9.17) is 4.42 Å². The van der Waals surface area contributed by atoms with Gasteiger partial charge in [0.15, 0.2) is 10.3 Å². The Morgan fingerprint density at radius 3 is 2.40 bits per heavy atom. The first-order valence-corrected chi connectivity index (χ1v) is 6.71. The van der Waals surface area contributed by atoms with Crippen molar-refractivity contribution in [2.24, 2.45) is 0 Å². The van der Waals surface area contributed by atoms with E-state index in [0.717, 1.165) is 0 Å². The van der Waals surface area contributed by atoms with Gasteiger partial charge in [-0.1, -0.05) is 0 Å². The van der Waals surface area contributed by atoms with Crippen LogP contribution in [0.15, 0.2) is 27.4 Å². The summed E-state index contributed by atoms with van der Waals surface area (Å²) in [5, 5.41) is 0.651. The number of anilines is 1. The number of benzene rings is 1. The van der Waals surface area contributed by atoms with Crippen molar-refractivity contribution in [2.75, 3.05) is 5.43 Å². The molecule has 9 heteroatoms. The molecule has 1 heterocycles. The third-order valence-electron chi connectivity index (χ3n) is 2.61. The number of aryl methyl sites for hydroxylation is 2. The summed E-state index contributed by atoms with van der Waals surface area (Å²) in [5.74, 6) is 0. The smallest absolute Gasteiger partial charge is 0.734 e. The quantitative estimate of drug-likeness (QED) is 0.288. The number of hydrogen-bond donors (Lipinski definition) is 2. The number of rotatable bonds is 3. The second kappa shape index (κ2) is 6.25. The van der Waals surface area contributed by atoms with Crippen LogP contribution in [0.3, 0.4) is 0 Å². The maximum Gasteiger partial charge on any atom is 1.00 e. The number of nitrogens with one attached hydrogen (secondary N) is 2. The maximum absolute atomic E-state index is 11.2. The molecule has 0 atom stereocenters. The molecule has 0 saturated carbocycles. The minimum Gasteiger partial charge on any atom is -0.734 e. The molecule has 7 nitrogen and oxygen atoms in total. The predicted octanol–water partition coefficient (Wildman–Crippen LogP) is -2.21. The van der Waals surface area contributed by atoms with Crippen LogP contribution in [0.1, 0.15) is 11.1 Å². The van der Waals surface area contributed by atoms with E-state index >= 15 is 0 Å². The first-order valence-electron chi connectivity index (χ1n) is 5.30. The molecular weight excluding hydrogens is 295 g/mol. The Kier molecular flexibility index (Phi) is 5.36. The minimum absolute atomic E-state index is 0. The molecule has 0 amide bonds. The number of hydrazine groups is 1. The van der Waals surface area contributed by atoms with Crippen molar-refractivity contribution >= 4 is 27.0 Å².